The molecule has 3 saturated carbocycles. The van der Waals surface area contributed by atoms with Gasteiger partial charge in [0.05, 0.1) is 18.3 Å². The standard InChI is InChI=1S/C27H46O2/c1-16(2)7-6-8-17(3)19-11-12-20-18-9-10-22-25-23(28)15-24(29-25)27(22,5)21(18)13-14-26(19,20)4/h16-25,28H,6-15H2,1-5H3/t17-,18-,19-,20+,21+,22+,23+,24?,25?,26-,27+/m1/s1. The lowest BCUT2D eigenvalue weighted by Crippen LogP contribution is -2.57. The summed E-state index contributed by atoms with van der Waals surface area (Å²) in [5.74, 6) is 6.02. The van der Waals surface area contributed by atoms with E-state index in [-0.39, 0.29) is 12.2 Å². The third kappa shape index (κ3) is 2.94. The number of aliphatic hydroxyl groups is 1. The van der Waals surface area contributed by atoms with Crippen LogP contribution in [0.3, 0.4) is 0 Å². The number of hydrogen-bond donors (Lipinski definition) is 1. The first kappa shape index (κ1) is 20.8. The van der Waals surface area contributed by atoms with E-state index in [0.717, 1.165) is 41.9 Å². The highest BCUT2D eigenvalue weighted by atomic mass is 16.5. The van der Waals surface area contributed by atoms with E-state index in [1.165, 1.54) is 57.8 Å². The molecule has 29 heavy (non-hydrogen) atoms. The lowest BCUT2D eigenvalue weighted by atomic mass is 9.44. The Morgan fingerprint density at radius 3 is 2.45 bits per heavy atom. The fourth-order valence-corrected chi connectivity index (χ4v) is 9.89. The maximum absolute atomic E-state index is 10.4. The van der Waals surface area contributed by atoms with Crippen LogP contribution in [0.4, 0.5) is 0 Å². The summed E-state index contributed by atoms with van der Waals surface area (Å²) in [7, 11) is 0. The monoisotopic (exact) mass is 402 g/mol. The third-order valence-corrected chi connectivity index (χ3v) is 11.3. The van der Waals surface area contributed by atoms with Gasteiger partial charge in [-0.3, -0.25) is 0 Å². The Labute approximate surface area is 179 Å². The lowest BCUT2D eigenvalue weighted by molar-refractivity contribution is -0.116. The van der Waals surface area contributed by atoms with Crippen molar-refractivity contribution in [2.24, 2.45) is 52.3 Å². The number of fused-ring (bicyclic) bond motifs is 9. The van der Waals surface area contributed by atoms with Gasteiger partial charge < -0.3 is 9.84 Å². The van der Waals surface area contributed by atoms with E-state index in [2.05, 4.69) is 34.6 Å². The van der Waals surface area contributed by atoms with Gasteiger partial charge in [0.15, 0.2) is 0 Å². The second-order valence-corrected chi connectivity index (χ2v) is 12.8. The molecule has 5 aliphatic rings. The molecule has 5 rings (SSSR count). The Morgan fingerprint density at radius 2 is 1.69 bits per heavy atom. The molecular weight excluding hydrogens is 356 g/mol. The van der Waals surface area contributed by atoms with Gasteiger partial charge in [0.1, 0.15) is 0 Å². The molecule has 0 aromatic carbocycles. The predicted molar refractivity (Wildman–Crippen MR) is 119 cm³/mol. The molecular formula is C27H46O2. The molecule has 0 aromatic heterocycles. The SMILES string of the molecule is CC(C)CCC[C@@H](C)[C@H]1CC[C@H]2[C@H]3CC[C@H]4C5OC(C[C@@H]5O)[C@@]4(C)[C@H]3CC[C@]12C. The topological polar surface area (TPSA) is 29.5 Å². The number of hydrogen-bond acceptors (Lipinski definition) is 2. The summed E-state index contributed by atoms with van der Waals surface area (Å²) >= 11 is 0. The third-order valence-electron chi connectivity index (χ3n) is 11.3. The maximum Gasteiger partial charge on any atom is 0.0873 e. The van der Waals surface area contributed by atoms with Gasteiger partial charge in [-0.1, -0.05) is 53.9 Å². The zero-order valence-corrected chi connectivity index (χ0v) is 19.7. The van der Waals surface area contributed by atoms with Crippen LogP contribution in [0.1, 0.15) is 98.8 Å². The molecule has 0 radical (unpaired) electrons. The Hall–Kier alpha value is -0.0800. The van der Waals surface area contributed by atoms with Crippen molar-refractivity contribution in [1.82, 2.24) is 0 Å². The minimum atomic E-state index is -0.189. The second kappa shape index (κ2) is 7.22. The highest BCUT2D eigenvalue weighted by molar-refractivity contribution is 5.16. The molecule has 0 spiro atoms. The average molecular weight is 403 g/mol. The van der Waals surface area contributed by atoms with E-state index in [1.807, 2.05) is 0 Å². The normalized spacial score (nSPS) is 54.3. The van der Waals surface area contributed by atoms with Gasteiger partial charge in [-0.05, 0) is 85.4 Å². The van der Waals surface area contributed by atoms with Crippen molar-refractivity contribution in [3.8, 4) is 0 Å². The zero-order chi connectivity index (χ0) is 20.6. The van der Waals surface area contributed by atoms with E-state index in [9.17, 15) is 5.11 Å². The van der Waals surface area contributed by atoms with Crippen LogP contribution < -0.4 is 0 Å². The average Bonchev–Trinajstić information content (AvgIpc) is 3.29. The van der Waals surface area contributed by atoms with Gasteiger partial charge in [0, 0.05) is 11.8 Å². The van der Waals surface area contributed by atoms with Gasteiger partial charge in [-0.25, -0.2) is 0 Å². The molecule has 166 valence electrons. The van der Waals surface area contributed by atoms with Gasteiger partial charge >= 0.3 is 0 Å². The molecule has 1 N–H and O–H groups in total. The smallest absolute Gasteiger partial charge is 0.0873 e. The highest BCUT2D eigenvalue weighted by Crippen LogP contribution is 2.70. The van der Waals surface area contributed by atoms with Crippen molar-refractivity contribution < 1.29 is 9.84 Å². The fourth-order valence-electron chi connectivity index (χ4n) is 9.89. The van der Waals surface area contributed by atoms with Crippen LogP contribution in [0.5, 0.6) is 0 Å². The van der Waals surface area contributed by atoms with Gasteiger partial charge in [0.25, 0.3) is 0 Å². The molecule has 3 aliphatic carbocycles. The Kier molecular flexibility index (Phi) is 5.18. The highest BCUT2D eigenvalue weighted by Gasteiger charge is 2.68. The van der Waals surface area contributed by atoms with Crippen LogP contribution in [0, 0.1) is 52.3 Å². The molecule has 2 heterocycles. The van der Waals surface area contributed by atoms with E-state index < -0.39 is 0 Å². The molecule has 11 atom stereocenters. The number of rotatable bonds is 5. The first-order valence-corrected chi connectivity index (χ1v) is 13.1. The minimum absolute atomic E-state index is 0.150. The molecule has 0 aromatic rings. The quantitative estimate of drug-likeness (QED) is 0.572. The molecule has 2 aliphatic heterocycles. The van der Waals surface area contributed by atoms with Crippen LogP contribution in [-0.2, 0) is 4.74 Å². The molecule has 2 nitrogen and oxygen atoms in total. The van der Waals surface area contributed by atoms with Crippen LogP contribution in [0.25, 0.3) is 0 Å². The molecule has 5 fully saturated rings. The Morgan fingerprint density at radius 1 is 0.931 bits per heavy atom. The van der Waals surface area contributed by atoms with Crippen molar-refractivity contribution in [1.29, 1.82) is 0 Å². The minimum Gasteiger partial charge on any atom is -0.390 e. The van der Waals surface area contributed by atoms with Crippen molar-refractivity contribution in [3.63, 3.8) is 0 Å². The van der Waals surface area contributed by atoms with Gasteiger partial charge in [0.2, 0.25) is 0 Å². The van der Waals surface area contributed by atoms with Crippen molar-refractivity contribution in [2.75, 3.05) is 0 Å². The lowest BCUT2D eigenvalue weighted by Gasteiger charge is -2.60. The van der Waals surface area contributed by atoms with Gasteiger partial charge in [-0.2, -0.15) is 0 Å². The van der Waals surface area contributed by atoms with Crippen LogP contribution in [0.2, 0.25) is 0 Å². The van der Waals surface area contributed by atoms with Crippen molar-refractivity contribution in [2.45, 2.75) is 117 Å². The van der Waals surface area contributed by atoms with E-state index >= 15 is 0 Å². The second-order valence-electron chi connectivity index (χ2n) is 12.8. The maximum atomic E-state index is 10.4. The summed E-state index contributed by atoms with van der Waals surface area (Å²) in [5, 5.41) is 10.4. The zero-order valence-electron chi connectivity index (χ0n) is 19.7. The first-order chi connectivity index (χ1) is 13.8. The summed E-state index contributed by atoms with van der Waals surface area (Å²) in [6, 6.07) is 0. The molecule has 2 heteroatoms. The summed E-state index contributed by atoms with van der Waals surface area (Å²) in [4.78, 5) is 0. The fraction of sp³-hybridized carbons (Fsp3) is 1.00. The summed E-state index contributed by atoms with van der Waals surface area (Å²) in [6.45, 7) is 12.6. The van der Waals surface area contributed by atoms with Crippen LogP contribution in [0.15, 0.2) is 0 Å². The summed E-state index contributed by atoms with van der Waals surface area (Å²) in [6.07, 6.45) is 14.0. The van der Waals surface area contributed by atoms with Crippen LogP contribution in [-0.4, -0.2) is 23.4 Å². The van der Waals surface area contributed by atoms with E-state index in [4.69, 9.17) is 4.74 Å². The molecule has 0 amide bonds. The first-order valence-electron chi connectivity index (χ1n) is 13.1. The number of ether oxygens (including phenoxy) is 1. The van der Waals surface area contributed by atoms with E-state index in [1.54, 1.807) is 0 Å². The number of aliphatic hydroxyl groups excluding tert-OH is 1. The summed E-state index contributed by atoms with van der Waals surface area (Å²) in [5.41, 5.74) is 0.925. The van der Waals surface area contributed by atoms with Crippen molar-refractivity contribution in [3.05, 3.63) is 0 Å². The molecule has 2 saturated heterocycles. The Balaban J connectivity index is 1.32. The van der Waals surface area contributed by atoms with Gasteiger partial charge in [-0.15, -0.1) is 0 Å². The largest absolute Gasteiger partial charge is 0.390 e. The van der Waals surface area contributed by atoms with E-state index in [0.29, 0.717) is 22.9 Å². The predicted octanol–water partition coefficient (Wildman–Crippen LogP) is 6.46. The molecule has 2 unspecified atom stereocenters. The van der Waals surface area contributed by atoms with Crippen LogP contribution >= 0.6 is 0 Å². The van der Waals surface area contributed by atoms with Crippen molar-refractivity contribution >= 4 is 0 Å². The Bertz CT molecular complexity index is 616. The summed E-state index contributed by atoms with van der Waals surface area (Å²) < 4.78 is 6.39. The molecule has 2 bridgehead atoms.